The number of nitrogens with one attached hydrogen (secondary N) is 1. The zero-order chi connectivity index (χ0) is 13.8. The summed E-state index contributed by atoms with van der Waals surface area (Å²) in [5.74, 6) is 0. The van der Waals surface area contributed by atoms with E-state index >= 15 is 0 Å². The smallest absolute Gasteiger partial charge is 0.0320 e. The van der Waals surface area contributed by atoms with E-state index in [4.69, 9.17) is 0 Å². The van der Waals surface area contributed by atoms with Gasteiger partial charge in [0.1, 0.15) is 0 Å². The Morgan fingerprint density at radius 3 is 2.47 bits per heavy atom. The van der Waals surface area contributed by atoms with Crippen LogP contribution in [-0.4, -0.2) is 0 Å². The average molecular weight is 448 g/mol. The highest BCUT2D eigenvalue weighted by Gasteiger charge is 2.06. The van der Waals surface area contributed by atoms with Crippen molar-refractivity contribution in [2.45, 2.75) is 19.5 Å². The third kappa shape index (κ3) is 4.42. The quantitative estimate of drug-likeness (QED) is 0.622. The molecule has 0 saturated carbocycles. The van der Waals surface area contributed by atoms with E-state index in [0.717, 1.165) is 20.0 Å². The zero-order valence-electron chi connectivity index (χ0n) is 10.5. The monoisotopic (exact) mass is 445 g/mol. The first-order valence-corrected chi connectivity index (χ1v) is 8.37. The molecule has 0 spiro atoms. The summed E-state index contributed by atoms with van der Waals surface area (Å²) in [4.78, 5) is 0. The van der Waals surface area contributed by atoms with E-state index < -0.39 is 0 Å². The summed E-state index contributed by atoms with van der Waals surface area (Å²) in [5, 5.41) is 3.53. The maximum Gasteiger partial charge on any atom is 0.0320 e. The molecular weight excluding hydrogens is 434 g/mol. The van der Waals surface area contributed by atoms with E-state index in [1.807, 2.05) is 6.07 Å². The van der Waals surface area contributed by atoms with Crippen molar-refractivity contribution in [2.24, 2.45) is 0 Å². The molecule has 1 nitrogen and oxygen atoms in total. The van der Waals surface area contributed by atoms with Crippen LogP contribution in [-0.2, 0) is 6.54 Å². The summed E-state index contributed by atoms with van der Waals surface area (Å²) in [7, 11) is 0. The number of benzene rings is 2. The van der Waals surface area contributed by atoms with Crippen LogP contribution >= 0.6 is 47.8 Å². The van der Waals surface area contributed by atoms with Gasteiger partial charge in [0.05, 0.1) is 0 Å². The van der Waals surface area contributed by atoms with Crippen LogP contribution in [0.4, 0.5) is 0 Å². The topological polar surface area (TPSA) is 12.0 Å². The molecule has 0 saturated heterocycles. The average Bonchev–Trinajstić information content (AvgIpc) is 2.40. The Kier molecular flexibility index (Phi) is 5.63. The van der Waals surface area contributed by atoms with Gasteiger partial charge in [-0.05, 0) is 74.2 Å². The molecule has 2 aromatic carbocycles. The molecule has 0 fully saturated rings. The Hall–Kier alpha value is -0.160. The van der Waals surface area contributed by atoms with Gasteiger partial charge in [-0.15, -0.1) is 0 Å². The molecular formula is C15H14Br3N. The van der Waals surface area contributed by atoms with Gasteiger partial charge in [0, 0.05) is 26.0 Å². The fourth-order valence-electron chi connectivity index (χ4n) is 1.81. The highest BCUT2D eigenvalue weighted by atomic mass is 79.9. The van der Waals surface area contributed by atoms with Gasteiger partial charge in [-0.1, -0.05) is 34.1 Å². The molecule has 0 amide bonds. The van der Waals surface area contributed by atoms with Gasteiger partial charge in [0.2, 0.25) is 0 Å². The summed E-state index contributed by atoms with van der Waals surface area (Å²) < 4.78 is 3.28. The highest BCUT2D eigenvalue weighted by molar-refractivity contribution is 9.13. The van der Waals surface area contributed by atoms with Crippen LogP contribution in [0.1, 0.15) is 24.1 Å². The van der Waals surface area contributed by atoms with Crippen molar-refractivity contribution in [1.29, 1.82) is 0 Å². The van der Waals surface area contributed by atoms with Crippen LogP contribution < -0.4 is 5.32 Å². The Bertz CT molecular complexity index is 569. The molecule has 4 heteroatoms. The van der Waals surface area contributed by atoms with Crippen LogP contribution in [0.3, 0.4) is 0 Å². The molecule has 1 N–H and O–H groups in total. The van der Waals surface area contributed by atoms with Gasteiger partial charge in [0.25, 0.3) is 0 Å². The molecule has 0 unspecified atom stereocenters. The summed E-state index contributed by atoms with van der Waals surface area (Å²) in [6.07, 6.45) is 0. The second kappa shape index (κ2) is 7.02. The molecule has 0 aliphatic rings. The van der Waals surface area contributed by atoms with E-state index in [0.29, 0.717) is 6.04 Å². The molecule has 0 radical (unpaired) electrons. The third-order valence-corrected chi connectivity index (χ3v) is 5.32. The molecule has 0 aliphatic carbocycles. The fraction of sp³-hybridized carbons (Fsp3) is 0.200. The fourth-order valence-corrected chi connectivity index (χ4v) is 2.90. The van der Waals surface area contributed by atoms with Gasteiger partial charge < -0.3 is 5.32 Å². The van der Waals surface area contributed by atoms with E-state index in [1.54, 1.807) is 0 Å². The second-order valence-electron chi connectivity index (χ2n) is 4.41. The van der Waals surface area contributed by atoms with E-state index in [9.17, 15) is 0 Å². The Balaban J connectivity index is 2.00. The lowest BCUT2D eigenvalue weighted by molar-refractivity contribution is 0.574. The first-order chi connectivity index (χ1) is 9.06. The maximum atomic E-state index is 3.53. The molecule has 0 heterocycles. The van der Waals surface area contributed by atoms with Crippen molar-refractivity contribution >= 4 is 47.8 Å². The van der Waals surface area contributed by atoms with Crippen molar-refractivity contribution in [1.82, 2.24) is 5.32 Å². The van der Waals surface area contributed by atoms with Crippen molar-refractivity contribution in [2.75, 3.05) is 0 Å². The zero-order valence-corrected chi connectivity index (χ0v) is 15.2. The van der Waals surface area contributed by atoms with Crippen LogP contribution in [0.25, 0.3) is 0 Å². The lowest BCUT2D eigenvalue weighted by atomic mass is 10.1. The summed E-state index contributed by atoms with van der Waals surface area (Å²) in [5.41, 5.74) is 2.54. The number of rotatable bonds is 4. The Morgan fingerprint density at radius 1 is 1.00 bits per heavy atom. The van der Waals surface area contributed by atoms with Crippen LogP contribution in [0, 0.1) is 0 Å². The summed E-state index contributed by atoms with van der Waals surface area (Å²) in [6.45, 7) is 3.02. The highest BCUT2D eigenvalue weighted by Crippen LogP contribution is 2.24. The van der Waals surface area contributed by atoms with Gasteiger partial charge >= 0.3 is 0 Å². The predicted molar refractivity (Wildman–Crippen MR) is 91.2 cm³/mol. The number of halogens is 3. The number of hydrogen-bond donors (Lipinski definition) is 1. The Labute approximate surface area is 139 Å². The lowest BCUT2D eigenvalue weighted by Crippen LogP contribution is -2.18. The van der Waals surface area contributed by atoms with Crippen molar-refractivity contribution in [3.05, 3.63) is 67.0 Å². The summed E-state index contributed by atoms with van der Waals surface area (Å²) in [6, 6.07) is 15.0. The first-order valence-electron chi connectivity index (χ1n) is 5.99. The molecule has 0 bridgehead atoms. The van der Waals surface area contributed by atoms with E-state index in [1.165, 1.54) is 11.1 Å². The third-order valence-electron chi connectivity index (χ3n) is 2.95. The van der Waals surface area contributed by atoms with Crippen molar-refractivity contribution in [3.8, 4) is 0 Å². The first kappa shape index (κ1) is 15.2. The van der Waals surface area contributed by atoms with Crippen LogP contribution in [0.15, 0.2) is 55.9 Å². The molecule has 0 aliphatic heterocycles. The number of hydrogen-bond acceptors (Lipinski definition) is 1. The largest absolute Gasteiger partial charge is 0.306 e. The molecule has 19 heavy (non-hydrogen) atoms. The molecule has 100 valence electrons. The van der Waals surface area contributed by atoms with Crippen LogP contribution in [0.2, 0.25) is 0 Å². The summed E-state index contributed by atoms with van der Waals surface area (Å²) >= 11 is 10.5. The lowest BCUT2D eigenvalue weighted by Gasteiger charge is -2.15. The minimum Gasteiger partial charge on any atom is -0.306 e. The Morgan fingerprint density at radius 2 is 1.79 bits per heavy atom. The van der Waals surface area contributed by atoms with E-state index in [2.05, 4.69) is 96.4 Å². The predicted octanol–water partition coefficient (Wildman–Crippen LogP) is 5.82. The van der Waals surface area contributed by atoms with Crippen molar-refractivity contribution < 1.29 is 0 Å². The van der Waals surface area contributed by atoms with Gasteiger partial charge in [-0.25, -0.2) is 0 Å². The second-order valence-corrected chi connectivity index (χ2v) is 7.03. The van der Waals surface area contributed by atoms with Gasteiger partial charge in [-0.2, -0.15) is 0 Å². The molecule has 2 rings (SSSR count). The molecule has 0 aromatic heterocycles. The van der Waals surface area contributed by atoms with Crippen LogP contribution in [0.5, 0.6) is 0 Å². The molecule has 2 aromatic rings. The van der Waals surface area contributed by atoms with Gasteiger partial charge in [-0.3, -0.25) is 0 Å². The standard InChI is InChI=1S/C15H14Br3N/c1-10(12-3-2-4-13(16)8-12)19-9-11-5-6-14(17)15(18)7-11/h2-8,10,19H,9H2,1H3/t10-/m1/s1. The van der Waals surface area contributed by atoms with Gasteiger partial charge in [0.15, 0.2) is 0 Å². The molecule has 1 atom stereocenters. The van der Waals surface area contributed by atoms with E-state index in [-0.39, 0.29) is 0 Å². The minimum atomic E-state index is 0.319. The normalized spacial score (nSPS) is 12.4. The SMILES string of the molecule is C[C@@H](NCc1ccc(Br)c(Br)c1)c1cccc(Br)c1. The minimum absolute atomic E-state index is 0.319. The van der Waals surface area contributed by atoms with Crippen molar-refractivity contribution in [3.63, 3.8) is 0 Å². The maximum absolute atomic E-state index is 3.53.